The number of benzene rings is 2. The lowest BCUT2D eigenvalue weighted by molar-refractivity contribution is 0.0602. The Morgan fingerprint density at radius 1 is 1.23 bits per heavy atom. The van der Waals surface area contributed by atoms with E-state index >= 15 is 0 Å². The van der Waals surface area contributed by atoms with Gasteiger partial charge in [-0.2, -0.15) is 5.26 Å². The van der Waals surface area contributed by atoms with E-state index in [1.807, 2.05) is 6.07 Å². The quantitative estimate of drug-likeness (QED) is 0.320. The van der Waals surface area contributed by atoms with Crippen LogP contribution in [0.25, 0.3) is 22.0 Å². The van der Waals surface area contributed by atoms with Gasteiger partial charge < -0.3 is 15.2 Å². The van der Waals surface area contributed by atoms with Crippen molar-refractivity contribution in [3.05, 3.63) is 81.1 Å². The number of para-hydroxylation sites is 1. The first-order valence-electron chi connectivity index (χ1n) is 10.5. The summed E-state index contributed by atoms with van der Waals surface area (Å²) in [5.41, 5.74) is 8.04. The Hall–Kier alpha value is -4.42. The molecule has 176 valence electrons. The molecule has 0 aliphatic carbocycles. The van der Waals surface area contributed by atoms with Crippen LogP contribution in [0.4, 0.5) is 5.69 Å². The van der Waals surface area contributed by atoms with Crippen LogP contribution >= 0.6 is 11.6 Å². The van der Waals surface area contributed by atoms with Gasteiger partial charge in [-0.1, -0.05) is 23.7 Å². The topological polar surface area (TPSA) is 133 Å². The number of ether oxygens (including phenoxy) is 2. The van der Waals surface area contributed by atoms with Gasteiger partial charge in [-0.15, -0.1) is 0 Å². The van der Waals surface area contributed by atoms with Crippen LogP contribution in [-0.2, 0) is 11.3 Å². The molecule has 0 bridgehead atoms. The fourth-order valence-electron chi connectivity index (χ4n) is 3.80. The number of nitrogen functional groups attached to an aromatic ring is 1. The van der Waals surface area contributed by atoms with Crippen molar-refractivity contribution in [2.24, 2.45) is 0 Å². The molecule has 35 heavy (non-hydrogen) atoms. The highest BCUT2D eigenvalue weighted by molar-refractivity contribution is 6.31. The Balaban J connectivity index is 1.66. The molecule has 0 amide bonds. The Morgan fingerprint density at radius 2 is 2.03 bits per heavy atom. The molecule has 2 aromatic heterocycles. The molecule has 0 atom stereocenters. The van der Waals surface area contributed by atoms with E-state index in [2.05, 4.69) is 9.97 Å². The van der Waals surface area contributed by atoms with Gasteiger partial charge in [-0.05, 0) is 31.2 Å². The van der Waals surface area contributed by atoms with E-state index in [0.29, 0.717) is 33.2 Å². The minimum absolute atomic E-state index is 0.117. The predicted octanol–water partition coefficient (Wildman–Crippen LogP) is 3.74. The van der Waals surface area contributed by atoms with Crippen molar-refractivity contribution in [3.8, 4) is 22.9 Å². The van der Waals surface area contributed by atoms with Crippen molar-refractivity contribution in [2.75, 3.05) is 19.5 Å². The molecule has 0 radical (unpaired) electrons. The molecule has 10 heteroatoms. The summed E-state index contributed by atoms with van der Waals surface area (Å²) in [6, 6.07) is 12.0. The van der Waals surface area contributed by atoms with Crippen LogP contribution in [0.15, 0.2) is 53.6 Å². The molecule has 2 heterocycles. The summed E-state index contributed by atoms with van der Waals surface area (Å²) in [6.45, 7) is 2.00. The van der Waals surface area contributed by atoms with Crippen LogP contribution < -0.4 is 16.0 Å². The number of hydrogen-bond donors (Lipinski definition) is 1. The number of hydrogen-bond acceptors (Lipinski definition) is 8. The molecule has 4 aromatic rings. The molecule has 0 aliphatic rings. The Kier molecular flexibility index (Phi) is 6.66. The van der Waals surface area contributed by atoms with Crippen molar-refractivity contribution in [1.29, 1.82) is 5.26 Å². The van der Waals surface area contributed by atoms with Gasteiger partial charge in [0.05, 0.1) is 47.6 Å². The summed E-state index contributed by atoms with van der Waals surface area (Å²) in [5.74, 6) is 0.373. The van der Waals surface area contributed by atoms with Crippen LogP contribution in [-0.4, -0.2) is 34.2 Å². The van der Waals surface area contributed by atoms with E-state index in [1.54, 1.807) is 43.3 Å². The van der Waals surface area contributed by atoms with Gasteiger partial charge >= 0.3 is 5.97 Å². The Bertz CT molecular complexity index is 1560. The number of nitriles is 1. The van der Waals surface area contributed by atoms with E-state index in [1.165, 1.54) is 24.1 Å². The second-order valence-corrected chi connectivity index (χ2v) is 7.99. The molecule has 0 fully saturated rings. The zero-order valence-electron chi connectivity index (χ0n) is 18.9. The maximum absolute atomic E-state index is 13.1. The molecular formula is C25H20ClN5O4. The number of esters is 1. The van der Waals surface area contributed by atoms with Gasteiger partial charge in [0.1, 0.15) is 24.3 Å². The number of halogens is 1. The zero-order valence-corrected chi connectivity index (χ0v) is 19.7. The molecule has 2 aromatic carbocycles. The van der Waals surface area contributed by atoms with Crippen molar-refractivity contribution in [2.45, 2.75) is 13.5 Å². The number of nitrogens with two attached hydrogens (primary N) is 1. The smallest absolute Gasteiger partial charge is 0.339 e. The maximum atomic E-state index is 13.1. The molecule has 0 saturated carbocycles. The number of rotatable bonds is 6. The van der Waals surface area contributed by atoms with Crippen LogP contribution in [0.5, 0.6) is 5.75 Å². The highest BCUT2D eigenvalue weighted by Crippen LogP contribution is 2.37. The summed E-state index contributed by atoms with van der Waals surface area (Å²) in [4.78, 5) is 33.5. The van der Waals surface area contributed by atoms with E-state index in [9.17, 15) is 14.9 Å². The molecule has 0 unspecified atom stereocenters. The number of fused-ring (bicyclic) bond motifs is 1. The van der Waals surface area contributed by atoms with E-state index in [4.69, 9.17) is 26.8 Å². The highest BCUT2D eigenvalue weighted by Gasteiger charge is 2.18. The normalized spacial score (nSPS) is 10.7. The number of aryl methyl sites for hydroxylation is 1. The number of carbonyl (C=O) groups excluding carboxylic acids is 1. The average Bonchev–Trinajstić information content (AvgIpc) is 2.86. The van der Waals surface area contributed by atoms with Crippen LogP contribution in [0.1, 0.15) is 21.7 Å². The predicted molar refractivity (Wildman–Crippen MR) is 131 cm³/mol. The van der Waals surface area contributed by atoms with E-state index in [-0.39, 0.29) is 40.9 Å². The summed E-state index contributed by atoms with van der Waals surface area (Å²) in [6.07, 6.45) is 2.80. The van der Waals surface area contributed by atoms with Crippen molar-refractivity contribution < 1.29 is 14.3 Å². The third kappa shape index (κ3) is 4.52. The maximum Gasteiger partial charge on any atom is 0.339 e. The summed E-state index contributed by atoms with van der Waals surface area (Å²) >= 11 is 6.23. The lowest BCUT2D eigenvalue weighted by Gasteiger charge is -2.16. The van der Waals surface area contributed by atoms with Gasteiger partial charge in [0.15, 0.2) is 0 Å². The average molecular weight is 490 g/mol. The van der Waals surface area contributed by atoms with Crippen molar-refractivity contribution >= 4 is 34.2 Å². The minimum atomic E-state index is -0.556. The molecule has 2 N–H and O–H groups in total. The fraction of sp³-hybridized carbons (Fsp3) is 0.160. The van der Waals surface area contributed by atoms with Crippen molar-refractivity contribution in [1.82, 2.24) is 14.5 Å². The third-order valence-corrected chi connectivity index (χ3v) is 5.73. The van der Waals surface area contributed by atoms with Crippen LogP contribution in [0, 0.1) is 18.3 Å². The highest BCUT2D eigenvalue weighted by atomic mass is 35.5. The van der Waals surface area contributed by atoms with Crippen molar-refractivity contribution in [3.63, 3.8) is 0 Å². The minimum Gasteiger partial charge on any atom is -0.491 e. The lowest BCUT2D eigenvalue weighted by atomic mass is 9.99. The zero-order chi connectivity index (χ0) is 25.1. The van der Waals surface area contributed by atoms with Crippen LogP contribution in [0.2, 0.25) is 5.02 Å². The lowest BCUT2D eigenvalue weighted by Crippen LogP contribution is -2.27. The largest absolute Gasteiger partial charge is 0.491 e. The molecule has 0 spiro atoms. The monoisotopic (exact) mass is 489 g/mol. The fourth-order valence-corrected chi connectivity index (χ4v) is 3.97. The number of methoxy groups -OCH3 is 1. The first-order valence-corrected chi connectivity index (χ1v) is 10.9. The second kappa shape index (κ2) is 9.83. The number of nitrogens with zero attached hydrogens (tertiary/aromatic N) is 4. The van der Waals surface area contributed by atoms with Crippen LogP contribution in [0.3, 0.4) is 0 Å². The Morgan fingerprint density at radius 3 is 2.77 bits per heavy atom. The number of aromatic nitrogens is 3. The molecule has 0 saturated heterocycles. The second-order valence-electron chi connectivity index (χ2n) is 7.56. The summed E-state index contributed by atoms with van der Waals surface area (Å²) in [7, 11) is 1.28. The molecule has 0 aliphatic heterocycles. The van der Waals surface area contributed by atoms with Gasteiger partial charge in [0, 0.05) is 22.3 Å². The number of carbonyl (C=O) groups is 1. The molecule has 9 nitrogen and oxygen atoms in total. The van der Waals surface area contributed by atoms with Gasteiger partial charge in [0.2, 0.25) is 0 Å². The summed E-state index contributed by atoms with van der Waals surface area (Å²) in [5, 5.41) is 10.0. The van der Waals surface area contributed by atoms with Gasteiger partial charge in [-0.25, -0.2) is 9.78 Å². The van der Waals surface area contributed by atoms with Gasteiger partial charge in [-0.3, -0.25) is 14.3 Å². The van der Waals surface area contributed by atoms with E-state index < -0.39 is 5.97 Å². The third-order valence-electron chi connectivity index (χ3n) is 5.49. The SMILES string of the molecule is COC(=O)c1cccc(-c2cc(Cl)ccc2OCCn2c(C)nc3cncc(C#N)c3c2=O)c1N. The first-order chi connectivity index (χ1) is 16.8. The summed E-state index contributed by atoms with van der Waals surface area (Å²) < 4.78 is 12.3. The molecule has 4 rings (SSSR count). The first kappa shape index (κ1) is 23.7. The number of anilines is 1. The molecular weight excluding hydrogens is 470 g/mol. The van der Waals surface area contributed by atoms with E-state index in [0.717, 1.165) is 0 Å². The standard InChI is InChI=1S/C25H20ClN5O4/c1-14-30-20-13-29-12-15(11-27)22(20)24(32)31(14)8-9-35-21-7-6-16(26)10-19(21)17-4-3-5-18(23(17)28)25(33)34-2/h3-7,10,12-13H,8-9,28H2,1-2H3. The number of pyridine rings is 1. The Labute approximate surface area is 205 Å². The van der Waals surface area contributed by atoms with Gasteiger partial charge in [0.25, 0.3) is 5.56 Å².